The van der Waals surface area contributed by atoms with Crippen molar-refractivity contribution in [2.75, 3.05) is 6.54 Å². The van der Waals surface area contributed by atoms with Gasteiger partial charge in [-0.15, -0.1) is 10.2 Å². The summed E-state index contributed by atoms with van der Waals surface area (Å²) in [6.45, 7) is 4.37. The molecule has 2 heterocycles. The number of tetrazole rings is 1. The molecular weight excluding hydrogens is 430 g/mol. The van der Waals surface area contributed by atoms with Gasteiger partial charge in [-0.25, -0.2) is 4.98 Å². The molecule has 0 aliphatic rings. The number of nitrogens with one attached hydrogen (secondary N) is 1. The van der Waals surface area contributed by atoms with Crippen LogP contribution in [0, 0.1) is 0 Å². The number of H-pyrrole nitrogens is 1. The molecule has 1 unspecified atom stereocenters. The average Bonchev–Trinajstić information content (AvgIpc) is 3.28. The summed E-state index contributed by atoms with van der Waals surface area (Å²) < 4.78 is 0. The molecule has 0 radical (unpaired) electrons. The molecule has 0 bridgehead atoms. The monoisotopic (exact) mass is 451 g/mol. The lowest BCUT2D eigenvalue weighted by molar-refractivity contribution is -0.136. The second-order valence-electron chi connectivity index (χ2n) is 7.25. The molecule has 0 saturated heterocycles. The molecule has 1 N–H and O–H groups in total. The van der Waals surface area contributed by atoms with Crippen LogP contribution in [0.4, 0.5) is 0 Å². The number of aromatic nitrogens is 6. The Kier molecular flexibility index (Phi) is 6.27. The van der Waals surface area contributed by atoms with Gasteiger partial charge >= 0.3 is 0 Å². The number of hydrogen-bond acceptors (Lipinski definition) is 6. The zero-order valence-corrected chi connectivity index (χ0v) is 18.5. The van der Waals surface area contributed by atoms with Crippen molar-refractivity contribution in [3.63, 3.8) is 0 Å². The highest BCUT2D eigenvalue weighted by molar-refractivity contribution is 6.30. The van der Waals surface area contributed by atoms with E-state index in [1.54, 1.807) is 47.4 Å². The Balaban J connectivity index is 1.57. The van der Waals surface area contributed by atoms with E-state index < -0.39 is 6.04 Å². The van der Waals surface area contributed by atoms with Crippen LogP contribution in [0.3, 0.4) is 0 Å². The fraction of sp³-hybridized carbons (Fsp3) is 0.273. The molecule has 1 atom stereocenters. The number of benzene rings is 2. The first-order chi connectivity index (χ1) is 15.5. The SMILES string of the molecule is CCC(C(=O)N(CC)Cc1nc2ccccc2c(=O)[nH]1)n1nnc(-c2ccc(Cl)cc2)n1. The molecular formula is C22H22ClN7O2. The number of halogens is 1. The highest BCUT2D eigenvalue weighted by Crippen LogP contribution is 2.20. The first-order valence-electron chi connectivity index (χ1n) is 10.3. The maximum Gasteiger partial charge on any atom is 0.258 e. The van der Waals surface area contributed by atoms with Gasteiger partial charge in [0, 0.05) is 17.1 Å². The topological polar surface area (TPSA) is 110 Å². The van der Waals surface area contributed by atoms with Crippen molar-refractivity contribution in [3.8, 4) is 11.4 Å². The molecule has 2 aromatic carbocycles. The summed E-state index contributed by atoms with van der Waals surface area (Å²) >= 11 is 5.94. The lowest BCUT2D eigenvalue weighted by atomic mass is 10.2. The molecule has 1 amide bonds. The van der Waals surface area contributed by atoms with Crippen LogP contribution in [-0.4, -0.2) is 47.5 Å². The van der Waals surface area contributed by atoms with Gasteiger partial charge in [0.05, 0.1) is 17.4 Å². The van der Waals surface area contributed by atoms with E-state index >= 15 is 0 Å². The van der Waals surface area contributed by atoms with Crippen LogP contribution >= 0.6 is 11.6 Å². The number of para-hydroxylation sites is 1. The largest absolute Gasteiger partial charge is 0.334 e. The molecule has 0 spiro atoms. The maximum atomic E-state index is 13.3. The van der Waals surface area contributed by atoms with E-state index in [4.69, 9.17) is 11.6 Å². The lowest BCUT2D eigenvalue weighted by Crippen LogP contribution is -2.38. The normalized spacial score (nSPS) is 12.1. The molecule has 9 nitrogen and oxygen atoms in total. The number of aromatic amines is 1. The van der Waals surface area contributed by atoms with Crippen LogP contribution in [0.5, 0.6) is 0 Å². The highest BCUT2D eigenvalue weighted by Gasteiger charge is 2.27. The summed E-state index contributed by atoms with van der Waals surface area (Å²) in [5.74, 6) is 0.662. The number of carbonyl (C=O) groups excluding carboxylic acids is 1. The van der Waals surface area contributed by atoms with Gasteiger partial charge in [0.15, 0.2) is 6.04 Å². The van der Waals surface area contributed by atoms with Gasteiger partial charge in [0.1, 0.15) is 5.82 Å². The summed E-state index contributed by atoms with van der Waals surface area (Å²) in [7, 11) is 0. The third-order valence-corrected chi connectivity index (χ3v) is 5.43. The minimum atomic E-state index is -0.629. The number of likely N-dealkylation sites (N-methyl/N-ethyl adjacent to an activating group) is 1. The smallest absolute Gasteiger partial charge is 0.258 e. The number of carbonyl (C=O) groups is 1. The van der Waals surface area contributed by atoms with Crippen molar-refractivity contribution in [2.45, 2.75) is 32.9 Å². The Morgan fingerprint density at radius 2 is 1.91 bits per heavy atom. The van der Waals surface area contributed by atoms with Crippen molar-refractivity contribution in [1.29, 1.82) is 0 Å². The van der Waals surface area contributed by atoms with E-state index in [1.807, 2.05) is 19.9 Å². The molecule has 0 aliphatic carbocycles. The number of amides is 1. The Morgan fingerprint density at radius 1 is 1.16 bits per heavy atom. The molecule has 10 heteroatoms. The van der Waals surface area contributed by atoms with Crippen LogP contribution in [0.1, 0.15) is 32.1 Å². The van der Waals surface area contributed by atoms with Gasteiger partial charge in [-0.05, 0) is 55.0 Å². The summed E-state index contributed by atoms with van der Waals surface area (Å²) in [4.78, 5) is 35.9. The minimum Gasteiger partial charge on any atom is -0.334 e. The summed E-state index contributed by atoms with van der Waals surface area (Å²) in [5.41, 5.74) is 1.12. The minimum absolute atomic E-state index is 0.171. The molecule has 2 aromatic heterocycles. The Labute approximate surface area is 189 Å². The van der Waals surface area contributed by atoms with Crippen molar-refractivity contribution in [1.82, 2.24) is 35.1 Å². The summed E-state index contributed by atoms with van der Waals surface area (Å²) in [6, 6.07) is 13.6. The van der Waals surface area contributed by atoms with Gasteiger partial charge in [0.25, 0.3) is 5.56 Å². The number of fused-ring (bicyclic) bond motifs is 1. The van der Waals surface area contributed by atoms with Gasteiger partial charge in [-0.3, -0.25) is 9.59 Å². The van der Waals surface area contributed by atoms with Crippen molar-refractivity contribution in [2.24, 2.45) is 0 Å². The van der Waals surface area contributed by atoms with E-state index in [0.29, 0.717) is 40.5 Å². The van der Waals surface area contributed by atoms with Crippen molar-refractivity contribution in [3.05, 3.63) is 69.7 Å². The Morgan fingerprint density at radius 3 is 2.62 bits per heavy atom. The molecule has 32 heavy (non-hydrogen) atoms. The Hall–Kier alpha value is -3.59. The second-order valence-corrected chi connectivity index (χ2v) is 7.68. The van der Waals surface area contributed by atoms with Crippen LogP contribution in [0.15, 0.2) is 53.3 Å². The second kappa shape index (κ2) is 9.27. The molecule has 0 saturated carbocycles. The third-order valence-electron chi connectivity index (χ3n) is 5.18. The van der Waals surface area contributed by atoms with Crippen LogP contribution in [0.25, 0.3) is 22.3 Å². The lowest BCUT2D eigenvalue weighted by Gasteiger charge is -2.24. The van der Waals surface area contributed by atoms with E-state index in [1.165, 1.54) is 4.80 Å². The van der Waals surface area contributed by atoms with E-state index in [9.17, 15) is 9.59 Å². The number of nitrogens with zero attached hydrogens (tertiary/aromatic N) is 6. The van der Waals surface area contributed by atoms with Gasteiger partial charge in [-0.1, -0.05) is 30.7 Å². The predicted octanol–water partition coefficient (Wildman–Crippen LogP) is 3.23. The quantitative estimate of drug-likeness (QED) is 0.462. The van der Waals surface area contributed by atoms with Crippen LogP contribution in [-0.2, 0) is 11.3 Å². The van der Waals surface area contributed by atoms with E-state index in [0.717, 1.165) is 5.56 Å². The van der Waals surface area contributed by atoms with E-state index in [2.05, 4.69) is 25.4 Å². The number of hydrogen-bond donors (Lipinski definition) is 1. The molecule has 0 aliphatic heterocycles. The first-order valence-corrected chi connectivity index (χ1v) is 10.7. The zero-order chi connectivity index (χ0) is 22.7. The number of rotatable bonds is 7. The fourth-order valence-electron chi connectivity index (χ4n) is 3.46. The Bertz CT molecular complexity index is 1300. The van der Waals surface area contributed by atoms with Crippen molar-refractivity contribution >= 4 is 28.4 Å². The highest BCUT2D eigenvalue weighted by atomic mass is 35.5. The van der Waals surface area contributed by atoms with E-state index in [-0.39, 0.29) is 18.0 Å². The predicted molar refractivity (Wildman–Crippen MR) is 121 cm³/mol. The van der Waals surface area contributed by atoms with Crippen LogP contribution in [0.2, 0.25) is 5.02 Å². The molecule has 4 rings (SSSR count). The maximum absolute atomic E-state index is 13.3. The first kappa shape index (κ1) is 21.6. The standard InChI is InChI=1S/C22H22ClN7O2/c1-3-18(30-27-20(26-28-30)14-9-11-15(23)12-10-14)22(32)29(4-2)13-19-24-17-8-6-5-7-16(17)21(31)25-19/h5-12,18H,3-4,13H2,1-2H3,(H,24,25,31). The zero-order valence-electron chi connectivity index (χ0n) is 17.7. The van der Waals surface area contributed by atoms with Crippen LogP contribution < -0.4 is 5.56 Å². The molecule has 4 aromatic rings. The van der Waals surface area contributed by atoms with Crippen molar-refractivity contribution < 1.29 is 4.79 Å². The molecule has 164 valence electrons. The summed E-state index contributed by atoms with van der Waals surface area (Å²) in [5, 5.41) is 13.7. The summed E-state index contributed by atoms with van der Waals surface area (Å²) in [6.07, 6.45) is 0.480. The van der Waals surface area contributed by atoms with Gasteiger partial charge in [0.2, 0.25) is 11.7 Å². The van der Waals surface area contributed by atoms with Gasteiger partial charge in [-0.2, -0.15) is 4.80 Å². The fourth-order valence-corrected chi connectivity index (χ4v) is 3.58. The average molecular weight is 452 g/mol. The van der Waals surface area contributed by atoms with Gasteiger partial charge < -0.3 is 9.88 Å². The molecule has 0 fully saturated rings. The third kappa shape index (κ3) is 4.38.